The van der Waals surface area contributed by atoms with Gasteiger partial charge in [-0.05, 0) is 54.4 Å². The van der Waals surface area contributed by atoms with Crippen LogP contribution in [0.1, 0.15) is 22.6 Å². The Labute approximate surface area is 144 Å². The van der Waals surface area contributed by atoms with Gasteiger partial charge in [0.2, 0.25) is 0 Å². The zero-order valence-corrected chi connectivity index (χ0v) is 14.8. The summed E-state index contributed by atoms with van der Waals surface area (Å²) in [5.41, 5.74) is 3.90. The third kappa shape index (κ3) is 3.20. The molecule has 4 heteroatoms. The molecule has 0 aliphatic carbocycles. The Kier molecular flexibility index (Phi) is 4.95. The van der Waals surface area contributed by atoms with Crippen molar-refractivity contribution in [2.45, 2.75) is 12.3 Å². The molecule has 1 aliphatic heterocycles. The Balaban J connectivity index is 2.12. The number of hydrogen-bond donors (Lipinski definition) is 0. The van der Waals surface area contributed by atoms with Crippen molar-refractivity contribution in [3.63, 3.8) is 0 Å². The third-order valence-electron chi connectivity index (χ3n) is 4.77. The summed E-state index contributed by atoms with van der Waals surface area (Å²) in [5, 5.41) is 0. The van der Waals surface area contributed by atoms with Gasteiger partial charge >= 0.3 is 0 Å². The van der Waals surface area contributed by atoms with Crippen molar-refractivity contribution in [3.05, 3.63) is 53.1 Å². The number of benzene rings is 2. The predicted octanol–water partition coefficient (Wildman–Crippen LogP) is 3.33. The molecule has 2 aromatic carbocycles. The maximum Gasteiger partial charge on any atom is 0.161 e. The number of fused-ring (bicyclic) bond motifs is 1. The fourth-order valence-electron chi connectivity index (χ4n) is 3.43. The van der Waals surface area contributed by atoms with E-state index in [2.05, 4.69) is 42.3 Å². The van der Waals surface area contributed by atoms with Crippen molar-refractivity contribution in [1.29, 1.82) is 0 Å². The molecule has 1 atom stereocenters. The first-order valence-corrected chi connectivity index (χ1v) is 8.23. The average molecular weight is 327 g/mol. The molecule has 0 fully saturated rings. The van der Waals surface area contributed by atoms with Gasteiger partial charge in [0.05, 0.1) is 21.3 Å². The summed E-state index contributed by atoms with van der Waals surface area (Å²) in [5.74, 6) is 2.75. The van der Waals surface area contributed by atoms with Crippen molar-refractivity contribution >= 4 is 0 Å². The molecular weight excluding hydrogens is 302 g/mol. The van der Waals surface area contributed by atoms with Crippen molar-refractivity contribution in [2.24, 2.45) is 0 Å². The van der Waals surface area contributed by atoms with E-state index in [1.54, 1.807) is 21.3 Å². The van der Waals surface area contributed by atoms with E-state index in [0.717, 1.165) is 36.8 Å². The molecule has 1 heterocycles. The molecule has 0 amide bonds. The molecule has 0 spiro atoms. The standard InChI is InChI=1S/C20H25NO3/c1-21-9-8-15-11-19(23-3)20(24-4)12-17(15)18(13-21)14-6-5-7-16(10-14)22-2/h5-7,10-12,18H,8-9,13H2,1-4H3. The number of methoxy groups -OCH3 is 3. The van der Waals surface area contributed by atoms with Crippen molar-refractivity contribution in [1.82, 2.24) is 4.90 Å². The van der Waals surface area contributed by atoms with Gasteiger partial charge in [-0.25, -0.2) is 0 Å². The Morgan fingerprint density at radius 2 is 1.71 bits per heavy atom. The quantitative estimate of drug-likeness (QED) is 0.862. The minimum Gasteiger partial charge on any atom is -0.497 e. The first-order valence-electron chi connectivity index (χ1n) is 8.23. The fourth-order valence-corrected chi connectivity index (χ4v) is 3.43. The zero-order valence-electron chi connectivity index (χ0n) is 14.8. The molecule has 0 saturated heterocycles. The van der Waals surface area contributed by atoms with Gasteiger partial charge in [0.1, 0.15) is 5.75 Å². The van der Waals surface area contributed by atoms with Crippen LogP contribution in [-0.2, 0) is 6.42 Å². The highest BCUT2D eigenvalue weighted by Gasteiger charge is 2.25. The topological polar surface area (TPSA) is 30.9 Å². The van der Waals surface area contributed by atoms with Crippen LogP contribution in [0.2, 0.25) is 0 Å². The SMILES string of the molecule is COc1cccc(C2CN(C)CCc3cc(OC)c(OC)cc32)c1. The summed E-state index contributed by atoms with van der Waals surface area (Å²) in [6, 6.07) is 12.6. The van der Waals surface area contributed by atoms with Crippen molar-refractivity contribution in [3.8, 4) is 17.2 Å². The second-order valence-electron chi connectivity index (χ2n) is 6.25. The smallest absolute Gasteiger partial charge is 0.161 e. The normalized spacial score (nSPS) is 17.8. The van der Waals surface area contributed by atoms with Crippen LogP contribution < -0.4 is 14.2 Å². The molecule has 3 rings (SSSR count). The maximum atomic E-state index is 5.54. The lowest BCUT2D eigenvalue weighted by molar-refractivity contribution is 0.337. The van der Waals surface area contributed by atoms with E-state index in [4.69, 9.17) is 14.2 Å². The number of likely N-dealkylation sites (N-methyl/N-ethyl adjacent to an activating group) is 1. The lowest BCUT2D eigenvalue weighted by Gasteiger charge is -2.23. The summed E-state index contributed by atoms with van der Waals surface area (Å²) in [7, 11) is 7.26. The van der Waals surface area contributed by atoms with Crippen LogP contribution in [0.25, 0.3) is 0 Å². The number of ether oxygens (including phenoxy) is 3. The van der Waals surface area contributed by atoms with E-state index in [1.807, 2.05) is 6.07 Å². The Bertz CT molecular complexity index is 714. The molecule has 0 N–H and O–H groups in total. The highest BCUT2D eigenvalue weighted by molar-refractivity contribution is 5.52. The van der Waals surface area contributed by atoms with Crippen LogP contribution in [0, 0.1) is 0 Å². The summed E-state index contributed by atoms with van der Waals surface area (Å²) >= 11 is 0. The molecule has 2 aromatic rings. The Morgan fingerprint density at radius 3 is 2.42 bits per heavy atom. The van der Waals surface area contributed by atoms with Crippen LogP contribution in [0.15, 0.2) is 36.4 Å². The van der Waals surface area contributed by atoms with E-state index < -0.39 is 0 Å². The summed E-state index contributed by atoms with van der Waals surface area (Å²) in [6.07, 6.45) is 1.01. The second kappa shape index (κ2) is 7.14. The van der Waals surface area contributed by atoms with Crippen LogP contribution in [0.5, 0.6) is 17.2 Å². The summed E-state index contributed by atoms with van der Waals surface area (Å²) in [6.45, 7) is 2.00. The molecule has 1 unspecified atom stereocenters. The number of hydrogen-bond acceptors (Lipinski definition) is 4. The van der Waals surface area contributed by atoms with E-state index >= 15 is 0 Å². The van der Waals surface area contributed by atoms with E-state index in [1.165, 1.54) is 16.7 Å². The largest absolute Gasteiger partial charge is 0.497 e. The molecular formula is C20H25NO3. The molecule has 24 heavy (non-hydrogen) atoms. The van der Waals surface area contributed by atoms with Crippen LogP contribution in [0.3, 0.4) is 0 Å². The predicted molar refractivity (Wildman–Crippen MR) is 95.6 cm³/mol. The average Bonchev–Trinajstić information content (AvgIpc) is 2.79. The summed E-state index contributed by atoms with van der Waals surface area (Å²) in [4.78, 5) is 2.38. The van der Waals surface area contributed by atoms with Crippen LogP contribution in [0.4, 0.5) is 0 Å². The molecule has 1 aliphatic rings. The third-order valence-corrected chi connectivity index (χ3v) is 4.77. The molecule has 128 valence electrons. The lowest BCUT2D eigenvalue weighted by Crippen LogP contribution is -2.24. The van der Waals surface area contributed by atoms with Gasteiger partial charge in [-0.2, -0.15) is 0 Å². The van der Waals surface area contributed by atoms with Gasteiger partial charge in [-0.3, -0.25) is 0 Å². The first kappa shape index (κ1) is 16.7. The molecule has 0 aromatic heterocycles. The minimum atomic E-state index is 0.280. The van der Waals surface area contributed by atoms with E-state index in [-0.39, 0.29) is 5.92 Å². The lowest BCUT2D eigenvalue weighted by atomic mass is 9.87. The Morgan fingerprint density at radius 1 is 0.958 bits per heavy atom. The number of rotatable bonds is 4. The van der Waals surface area contributed by atoms with Crippen LogP contribution in [-0.4, -0.2) is 46.4 Å². The summed E-state index contributed by atoms with van der Waals surface area (Å²) < 4.78 is 16.4. The van der Waals surface area contributed by atoms with Crippen molar-refractivity contribution in [2.75, 3.05) is 41.5 Å². The van der Waals surface area contributed by atoms with Gasteiger partial charge in [-0.1, -0.05) is 12.1 Å². The highest BCUT2D eigenvalue weighted by atomic mass is 16.5. The number of nitrogens with zero attached hydrogens (tertiary/aromatic N) is 1. The minimum absolute atomic E-state index is 0.280. The van der Waals surface area contributed by atoms with Gasteiger partial charge < -0.3 is 19.1 Å². The van der Waals surface area contributed by atoms with Gasteiger partial charge in [0.15, 0.2) is 11.5 Å². The molecule has 0 saturated carbocycles. The van der Waals surface area contributed by atoms with Crippen molar-refractivity contribution < 1.29 is 14.2 Å². The van der Waals surface area contributed by atoms with E-state index in [0.29, 0.717) is 0 Å². The Hall–Kier alpha value is -2.20. The van der Waals surface area contributed by atoms with Gasteiger partial charge in [0, 0.05) is 19.0 Å². The zero-order chi connectivity index (χ0) is 17.1. The van der Waals surface area contributed by atoms with Gasteiger partial charge in [0.25, 0.3) is 0 Å². The highest BCUT2D eigenvalue weighted by Crippen LogP contribution is 2.39. The molecule has 0 bridgehead atoms. The van der Waals surface area contributed by atoms with Crippen LogP contribution >= 0.6 is 0 Å². The monoisotopic (exact) mass is 327 g/mol. The van der Waals surface area contributed by atoms with Gasteiger partial charge in [-0.15, -0.1) is 0 Å². The fraction of sp³-hybridized carbons (Fsp3) is 0.400. The molecule has 0 radical (unpaired) electrons. The second-order valence-corrected chi connectivity index (χ2v) is 6.25. The first-order chi connectivity index (χ1) is 11.7. The molecule has 4 nitrogen and oxygen atoms in total. The maximum absolute atomic E-state index is 5.54. The van der Waals surface area contributed by atoms with E-state index in [9.17, 15) is 0 Å².